The lowest BCUT2D eigenvalue weighted by atomic mass is 10.0. The third-order valence-electron chi connectivity index (χ3n) is 7.90. The Kier molecular flexibility index (Phi) is 10.9. The van der Waals surface area contributed by atoms with E-state index in [9.17, 15) is 0 Å². The Morgan fingerprint density at radius 3 is 1.15 bits per heavy atom. The molecule has 1 aliphatic heterocycles. The van der Waals surface area contributed by atoms with Crippen molar-refractivity contribution in [1.82, 2.24) is 20.4 Å². The lowest BCUT2D eigenvalue weighted by Crippen LogP contribution is -2.47. The average molecular weight is 533 g/mol. The number of nitrogens with zero attached hydrogens (tertiary/aromatic N) is 2. The zero-order valence-electron chi connectivity index (χ0n) is 23.8. The zero-order valence-corrected chi connectivity index (χ0v) is 23.8. The summed E-state index contributed by atoms with van der Waals surface area (Å²) in [6.07, 6.45) is 2.41. The highest BCUT2D eigenvalue weighted by Crippen LogP contribution is 2.20. The molecular formula is C36H44N4. The summed E-state index contributed by atoms with van der Waals surface area (Å²) in [4.78, 5) is 5.26. The first-order chi connectivity index (χ1) is 19.8. The number of rotatable bonds is 14. The first-order valence-corrected chi connectivity index (χ1v) is 15.0. The van der Waals surface area contributed by atoms with Crippen LogP contribution in [0.15, 0.2) is 109 Å². The second kappa shape index (κ2) is 15.5. The minimum atomic E-state index is 0.940. The fourth-order valence-electron chi connectivity index (χ4n) is 5.45. The van der Waals surface area contributed by atoms with Crippen LogP contribution >= 0.6 is 0 Å². The van der Waals surface area contributed by atoms with E-state index in [1.54, 1.807) is 0 Å². The molecule has 1 aliphatic rings. The maximum absolute atomic E-state index is 3.63. The number of benzene rings is 4. The first kappa shape index (κ1) is 28.3. The van der Waals surface area contributed by atoms with E-state index in [1.807, 2.05) is 0 Å². The standard InChI is InChI=1S/C36H44N4/c1-3-9-33(10-4-1)35-17-13-31(14-18-35)29-37-21-7-23-39-25-27-40(28-26-39)24-8-22-38-30-32-15-19-36(20-16-32)34-11-5-2-6-12-34/h1-6,9-20,37-38H,7-8,21-30H2. The van der Waals surface area contributed by atoms with Crippen LogP contribution in [-0.2, 0) is 13.1 Å². The Bertz CT molecular complexity index is 1130. The van der Waals surface area contributed by atoms with Crippen LogP contribution in [0.3, 0.4) is 0 Å². The van der Waals surface area contributed by atoms with Gasteiger partial charge in [-0.3, -0.25) is 0 Å². The largest absolute Gasteiger partial charge is 0.313 e. The Labute approximate surface area is 241 Å². The quantitative estimate of drug-likeness (QED) is 0.187. The minimum absolute atomic E-state index is 0.940. The third kappa shape index (κ3) is 8.87. The molecule has 2 N–H and O–H groups in total. The molecule has 0 aliphatic carbocycles. The van der Waals surface area contributed by atoms with Crippen molar-refractivity contribution in [3.05, 3.63) is 120 Å². The molecule has 5 rings (SSSR count). The molecule has 4 aromatic carbocycles. The molecule has 4 nitrogen and oxygen atoms in total. The highest BCUT2D eigenvalue weighted by molar-refractivity contribution is 5.64. The molecule has 1 fully saturated rings. The summed E-state index contributed by atoms with van der Waals surface area (Å²) in [5, 5.41) is 7.25. The molecule has 0 radical (unpaired) electrons. The molecule has 0 bridgehead atoms. The number of hydrogen-bond donors (Lipinski definition) is 2. The van der Waals surface area contributed by atoms with Crippen molar-refractivity contribution >= 4 is 0 Å². The summed E-state index contributed by atoms with van der Waals surface area (Å²) in [5.41, 5.74) is 7.82. The highest BCUT2D eigenvalue weighted by Gasteiger charge is 2.15. The molecule has 0 unspecified atom stereocenters. The molecule has 0 atom stereocenters. The van der Waals surface area contributed by atoms with Crippen LogP contribution in [0.2, 0.25) is 0 Å². The summed E-state index contributed by atoms with van der Waals surface area (Å²) in [6.45, 7) is 11.2. The SMILES string of the molecule is c1ccc(-c2ccc(CNCCCN3CCN(CCCNCc4ccc(-c5ccccc5)cc4)CC3)cc2)cc1. The lowest BCUT2D eigenvalue weighted by Gasteiger charge is -2.34. The molecule has 0 saturated carbocycles. The fraction of sp³-hybridized carbons (Fsp3) is 0.333. The second-order valence-electron chi connectivity index (χ2n) is 10.9. The van der Waals surface area contributed by atoms with E-state index in [1.165, 1.54) is 85.5 Å². The molecule has 0 amide bonds. The van der Waals surface area contributed by atoms with E-state index in [2.05, 4.69) is 130 Å². The molecule has 40 heavy (non-hydrogen) atoms. The maximum Gasteiger partial charge on any atom is 0.0205 e. The van der Waals surface area contributed by atoms with Crippen LogP contribution < -0.4 is 10.6 Å². The van der Waals surface area contributed by atoms with Gasteiger partial charge in [-0.15, -0.1) is 0 Å². The normalized spacial score (nSPS) is 14.4. The van der Waals surface area contributed by atoms with Gasteiger partial charge in [0.25, 0.3) is 0 Å². The van der Waals surface area contributed by atoms with Gasteiger partial charge in [-0.1, -0.05) is 109 Å². The molecular weight excluding hydrogens is 488 g/mol. The fourth-order valence-corrected chi connectivity index (χ4v) is 5.45. The van der Waals surface area contributed by atoms with Crippen molar-refractivity contribution in [3.8, 4) is 22.3 Å². The minimum Gasteiger partial charge on any atom is -0.313 e. The van der Waals surface area contributed by atoms with E-state index < -0.39 is 0 Å². The summed E-state index contributed by atoms with van der Waals surface area (Å²) in [7, 11) is 0. The summed E-state index contributed by atoms with van der Waals surface area (Å²) < 4.78 is 0. The van der Waals surface area contributed by atoms with Gasteiger partial charge in [0, 0.05) is 39.3 Å². The number of hydrogen-bond acceptors (Lipinski definition) is 4. The van der Waals surface area contributed by atoms with E-state index in [0.717, 1.165) is 26.2 Å². The first-order valence-electron chi connectivity index (χ1n) is 15.0. The van der Waals surface area contributed by atoms with Crippen LogP contribution in [0.25, 0.3) is 22.3 Å². The molecule has 4 aromatic rings. The molecule has 0 aromatic heterocycles. The van der Waals surface area contributed by atoms with Crippen molar-refractivity contribution in [3.63, 3.8) is 0 Å². The van der Waals surface area contributed by atoms with Crippen molar-refractivity contribution in [2.75, 3.05) is 52.4 Å². The van der Waals surface area contributed by atoms with Crippen LogP contribution in [0.1, 0.15) is 24.0 Å². The Morgan fingerprint density at radius 1 is 0.425 bits per heavy atom. The van der Waals surface area contributed by atoms with Crippen molar-refractivity contribution < 1.29 is 0 Å². The monoisotopic (exact) mass is 532 g/mol. The van der Waals surface area contributed by atoms with Gasteiger partial charge in [-0.25, -0.2) is 0 Å². The van der Waals surface area contributed by atoms with Gasteiger partial charge in [0.05, 0.1) is 0 Å². The molecule has 208 valence electrons. The third-order valence-corrected chi connectivity index (χ3v) is 7.90. The van der Waals surface area contributed by atoms with Gasteiger partial charge in [0.1, 0.15) is 0 Å². The van der Waals surface area contributed by atoms with Crippen molar-refractivity contribution in [1.29, 1.82) is 0 Å². The van der Waals surface area contributed by atoms with Crippen LogP contribution in [0, 0.1) is 0 Å². The van der Waals surface area contributed by atoms with E-state index in [0.29, 0.717) is 0 Å². The highest BCUT2D eigenvalue weighted by atomic mass is 15.3. The second-order valence-corrected chi connectivity index (χ2v) is 10.9. The Hall–Kier alpha value is -3.28. The zero-order chi connectivity index (χ0) is 27.2. The molecule has 1 saturated heterocycles. The number of piperazine rings is 1. The van der Waals surface area contributed by atoms with Crippen LogP contribution in [-0.4, -0.2) is 62.2 Å². The summed E-state index contributed by atoms with van der Waals surface area (Å²) in [6, 6.07) is 39.1. The molecule has 0 spiro atoms. The van der Waals surface area contributed by atoms with Gasteiger partial charge in [-0.2, -0.15) is 0 Å². The maximum atomic E-state index is 3.63. The van der Waals surface area contributed by atoms with Gasteiger partial charge in [0.2, 0.25) is 0 Å². The van der Waals surface area contributed by atoms with Crippen LogP contribution in [0.5, 0.6) is 0 Å². The van der Waals surface area contributed by atoms with E-state index in [-0.39, 0.29) is 0 Å². The van der Waals surface area contributed by atoms with Gasteiger partial charge >= 0.3 is 0 Å². The smallest absolute Gasteiger partial charge is 0.0205 e. The molecule has 1 heterocycles. The lowest BCUT2D eigenvalue weighted by molar-refractivity contribution is 0.130. The van der Waals surface area contributed by atoms with E-state index in [4.69, 9.17) is 0 Å². The van der Waals surface area contributed by atoms with Crippen molar-refractivity contribution in [2.45, 2.75) is 25.9 Å². The summed E-state index contributed by atoms with van der Waals surface area (Å²) in [5.74, 6) is 0. The predicted octanol–water partition coefficient (Wildman–Crippen LogP) is 6.30. The topological polar surface area (TPSA) is 30.5 Å². The Morgan fingerprint density at radius 2 is 0.775 bits per heavy atom. The van der Waals surface area contributed by atoms with Crippen molar-refractivity contribution in [2.24, 2.45) is 0 Å². The predicted molar refractivity (Wildman–Crippen MR) is 169 cm³/mol. The van der Waals surface area contributed by atoms with E-state index >= 15 is 0 Å². The van der Waals surface area contributed by atoms with Gasteiger partial charge in [0.15, 0.2) is 0 Å². The van der Waals surface area contributed by atoms with Gasteiger partial charge < -0.3 is 20.4 Å². The van der Waals surface area contributed by atoms with Gasteiger partial charge in [-0.05, 0) is 72.4 Å². The number of nitrogens with one attached hydrogen (secondary N) is 2. The molecule has 4 heteroatoms. The van der Waals surface area contributed by atoms with Crippen LogP contribution in [0.4, 0.5) is 0 Å². The summed E-state index contributed by atoms with van der Waals surface area (Å²) >= 11 is 0. The Balaban J connectivity index is 0.880. The average Bonchev–Trinajstić information content (AvgIpc) is 3.03.